The van der Waals surface area contributed by atoms with Crippen LogP contribution in [0.25, 0.3) is 0 Å². The first-order chi connectivity index (χ1) is 11.7. The van der Waals surface area contributed by atoms with Crippen LogP contribution in [-0.2, 0) is 4.74 Å². The quantitative estimate of drug-likeness (QED) is 0.816. The number of hydrogen-bond donors (Lipinski definition) is 1. The SMILES string of the molecule is CSc1cccc(NC(=O)c2cnc(O[C@H]3CCOC3)c(Cl)c2)c1. The molecule has 0 radical (unpaired) electrons. The van der Waals surface area contributed by atoms with Crippen LogP contribution in [-0.4, -0.2) is 36.5 Å². The number of aromatic nitrogens is 1. The van der Waals surface area contributed by atoms with Crippen molar-refractivity contribution in [2.24, 2.45) is 0 Å². The number of carbonyl (C=O) groups is 1. The van der Waals surface area contributed by atoms with E-state index in [4.69, 9.17) is 21.1 Å². The van der Waals surface area contributed by atoms with Crippen molar-refractivity contribution in [2.45, 2.75) is 17.4 Å². The molecule has 0 unspecified atom stereocenters. The number of halogens is 1. The Labute approximate surface area is 149 Å². The van der Waals surface area contributed by atoms with E-state index in [1.807, 2.05) is 30.5 Å². The van der Waals surface area contributed by atoms with Gasteiger partial charge < -0.3 is 14.8 Å². The number of hydrogen-bond acceptors (Lipinski definition) is 5. The molecular formula is C17H17ClN2O3S. The maximum absolute atomic E-state index is 12.3. The Morgan fingerprint density at radius 3 is 3.04 bits per heavy atom. The third-order valence-electron chi connectivity index (χ3n) is 3.56. The van der Waals surface area contributed by atoms with Crippen LogP contribution in [0.4, 0.5) is 5.69 Å². The van der Waals surface area contributed by atoms with Gasteiger partial charge in [0.25, 0.3) is 5.91 Å². The number of ether oxygens (including phenoxy) is 2. The molecule has 24 heavy (non-hydrogen) atoms. The van der Waals surface area contributed by atoms with E-state index in [9.17, 15) is 4.79 Å². The van der Waals surface area contributed by atoms with Crippen molar-refractivity contribution < 1.29 is 14.3 Å². The van der Waals surface area contributed by atoms with E-state index < -0.39 is 0 Å². The number of amides is 1. The second-order valence-electron chi connectivity index (χ2n) is 5.30. The van der Waals surface area contributed by atoms with E-state index in [-0.39, 0.29) is 12.0 Å². The van der Waals surface area contributed by atoms with Gasteiger partial charge in [-0.1, -0.05) is 17.7 Å². The summed E-state index contributed by atoms with van der Waals surface area (Å²) < 4.78 is 10.9. The molecule has 0 saturated carbocycles. The van der Waals surface area contributed by atoms with Gasteiger partial charge in [-0.2, -0.15) is 0 Å². The molecule has 1 N–H and O–H groups in total. The molecule has 0 aliphatic carbocycles. The van der Waals surface area contributed by atoms with Crippen LogP contribution < -0.4 is 10.1 Å². The Balaban J connectivity index is 1.69. The lowest BCUT2D eigenvalue weighted by Gasteiger charge is -2.12. The van der Waals surface area contributed by atoms with Gasteiger partial charge in [0.1, 0.15) is 11.1 Å². The van der Waals surface area contributed by atoms with Crippen LogP contribution in [0.2, 0.25) is 5.02 Å². The number of nitrogens with one attached hydrogen (secondary N) is 1. The minimum Gasteiger partial charge on any atom is -0.471 e. The minimum absolute atomic E-state index is 0.0380. The summed E-state index contributed by atoms with van der Waals surface area (Å²) in [6, 6.07) is 9.19. The first kappa shape index (κ1) is 17.1. The van der Waals surface area contributed by atoms with E-state index in [0.29, 0.717) is 29.7 Å². The summed E-state index contributed by atoms with van der Waals surface area (Å²) in [5, 5.41) is 3.15. The van der Waals surface area contributed by atoms with E-state index in [0.717, 1.165) is 17.0 Å². The third kappa shape index (κ3) is 4.20. The average molecular weight is 365 g/mol. The second-order valence-corrected chi connectivity index (χ2v) is 6.59. The van der Waals surface area contributed by atoms with Gasteiger partial charge >= 0.3 is 0 Å². The van der Waals surface area contributed by atoms with Gasteiger partial charge in [0.05, 0.1) is 18.8 Å². The lowest BCUT2D eigenvalue weighted by Crippen LogP contribution is -2.17. The molecule has 1 aromatic heterocycles. The summed E-state index contributed by atoms with van der Waals surface area (Å²) >= 11 is 7.80. The summed E-state index contributed by atoms with van der Waals surface area (Å²) in [5.74, 6) is 0.0616. The molecule has 1 aromatic carbocycles. The maximum atomic E-state index is 12.3. The van der Waals surface area contributed by atoms with Crippen molar-refractivity contribution in [2.75, 3.05) is 24.8 Å². The normalized spacial score (nSPS) is 16.8. The van der Waals surface area contributed by atoms with Crippen molar-refractivity contribution in [3.8, 4) is 5.88 Å². The van der Waals surface area contributed by atoms with E-state index in [1.54, 1.807) is 17.8 Å². The number of benzene rings is 1. The number of carbonyl (C=O) groups excluding carboxylic acids is 1. The molecule has 1 atom stereocenters. The van der Waals surface area contributed by atoms with Gasteiger partial charge in [0.15, 0.2) is 0 Å². The lowest BCUT2D eigenvalue weighted by molar-refractivity contribution is 0.102. The number of nitrogens with zero attached hydrogens (tertiary/aromatic N) is 1. The Hall–Kier alpha value is -1.76. The molecule has 5 nitrogen and oxygen atoms in total. The molecule has 1 saturated heterocycles. The molecule has 1 aliphatic rings. The first-order valence-electron chi connectivity index (χ1n) is 7.51. The number of anilines is 1. The van der Waals surface area contributed by atoms with Gasteiger partial charge in [0.2, 0.25) is 5.88 Å². The number of thioether (sulfide) groups is 1. The Bertz CT molecular complexity index is 736. The predicted octanol–water partition coefficient (Wildman–Crippen LogP) is 3.88. The monoisotopic (exact) mass is 364 g/mol. The molecule has 0 spiro atoms. The van der Waals surface area contributed by atoms with Crippen LogP contribution in [0.1, 0.15) is 16.8 Å². The molecule has 126 valence electrons. The van der Waals surface area contributed by atoms with E-state index in [2.05, 4.69) is 10.3 Å². The largest absolute Gasteiger partial charge is 0.471 e. The predicted molar refractivity (Wildman–Crippen MR) is 95.3 cm³/mol. The van der Waals surface area contributed by atoms with Gasteiger partial charge in [0, 0.05) is 23.2 Å². The summed E-state index contributed by atoms with van der Waals surface area (Å²) in [4.78, 5) is 17.6. The van der Waals surface area contributed by atoms with Crippen molar-refractivity contribution in [1.29, 1.82) is 0 Å². The van der Waals surface area contributed by atoms with Crippen LogP contribution in [0.15, 0.2) is 41.4 Å². The van der Waals surface area contributed by atoms with Crippen LogP contribution in [0.3, 0.4) is 0 Å². The van der Waals surface area contributed by atoms with Gasteiger partial charge in [-0.05, 0) is 30.5 Å². The standard InChI is InChI=1S/C17H17ClN2O3S/c1-24-14-4-2-3-12(8-14)20-16(21)11-7-15(18)17(19-9-11)23-13-5-6-22-10-13/h2-4,7-9,13H,5-6,10H2,1H3,(H,20,21)/t13-/m0/s1. The summed E-state index contributed by atoms with van der Waals surface area (Å²) in [7, 11) is 0. The molecule has 2 heterocycles. The van der Waals surface area contributed by atoms with Gasteiger partial charge in [-0.15, -0.1) is 11.8 Å². The van der Waals surface area contributed by atoms with Crippen LogP contribution >= 0.6 is 23.4 Å². The highest BCUT2D eigenvalue weighted by Crippen LogP contribution is 2.26. The zero-order chi connectivity index (χ0) is 16.9. The zero-order valence-electron chi connectivity index (χ0n) is 13.1. The summed E-state index contributed by atoms with van der Waals surface area (Å²) in [5.41, 5.74) is 1.11. The molecule has 2 aromatic rings. The molecular weight excluding hydrogens is 348 g/mol. The minimum atomic E-state index is -0.265. The van der Waals surface area contributed by atoms with Gasteiger partial charge in [-0.3, -0.25) is 4.79 Å². The molecule has 7 heteroatoms. The first-order valence-corrected chi connectivity index (χ1v) is 9.11. The zero-order valence-corrected chi connectivity index (χ0v) is 14.7. The summed E-state index contributed by atoms with van der Waals surface area (Å²) in [6.45, 7) is 1.21. The molecule has 0 bridgehead atoms. The highest BCUT2D eigenvalue weighted by atomic mass is 35.5. The van der Waals surface area contributed by atoms with Crippen LogP contribution in [0, 0.1) is 0 Å². The van der Waals surface area contributed by atoms with Crippen molar-refractivity contribution in [3.63, 3.8) is 0 Å². The maximum Gasteiger partial charge on any atom is 0.257 e. The van der Waals surface area contributed by atoms with E-state index in [1.165, 1.54) is 6.20 Å². The van der Waals surface area contributed by atoms with Crippen molar-refractivity contribution in [1.82, 2.24) is 4.98 Å². The second kappa shape index (κ2) is 7.88. The highest BCUT2D eigenvalue weighted by Gasteiger charge is 2.20. The molecule has 1 amide bonds. The highest BCUT2D eigenvalue weighted by molar-refractivity contribution is 7.98. The lowest BCUT2D eigenvalue weighted by atomic mass is 10.2. The van der Waals surface area contributed by atoms with Gasteiger partial charge in [-0.25, -0.2) is 4.98 Å². The number of rotatable bonds is 5. The fraction of sp³-hybridized carbons (Fsp3) is 0.294. The Morgan fingerprint density at radius 1 is 1.46 bits per heavy atom. The molecule has 1 fully saturated rings. The average Bonchev–Trinajstić information content (AvgIpc) is 3.10. The fourth-order valence-electron chi connectivity index (χ4n) is 2.30. The van der Waals surface area contributed by atoms with Crippen molar-refractivity contribution in [3.05, 3.63) is 47.1 Å². The van der Waals surface area contributed by atoms with E-state index >= 15 is 0 Å². The topological polar surface area (TPSA) is 60.5 Å². The number of pyridine rings is 1. The van der Waals surface area contributed by atoms with Crippen LogP contribution in [0.5, 0.6) is 5.88 Å². The Kier molecular flexibility index (Phi) is 5.60. The summed E-state index contributed by atoms with van der Waals surface area (Å²) in [6.07, 6.45) is 4.22. The molecule has 3 rings (SSSR count). The third-order valence-corrected chi connectivity index (χ3v) is 4.56. The molecule has 1 aliphatic heterocycles. The smallest absolute Gasteiger partial charge is 0.257 e. The fourth-order valence-corrected chi connectivity index (χ4v) is 2.97. The Morgan fingerprint density at radius 2 is 2.33 bits per heavy atom. The van der Waals surface area contributed by atoms with Crippen molar-refractivity contribution >= 4 is 35.0 Å².